The van der Waals surface area contributed by atoms with Crippen LogP contribution in [0.3, 0.4) is 0 Å². The smallest absolute Gasteiger partial charge is 0.272 e. The van der Waals surface area contributed by atoms with E-state index in [2.05, 4.69) is 15.5 Å². The first-order chi connectivity index (χ1) is 20.2. The lowest BCUT2D eigenvalue weighted by atomic mass is 9.99. The number of aryl methyl sites for hydroxylation is 1. The molecule has 1 amide bonds. The second kappa shape index (κ2) is 14.1. The average molecular weight is 665 g/mol. The van der Waals surface area contributed by atoms with Crippen LogP contribution in [0.15, 0.2) is 77.1 Å². The van der Waals surface area contributed by atoms with E-state index in [1.54, 1.807) is 23.1 Å². The maximum atomic E-state index is 11.9. The lowest BCUT2D eigenvalue weighted by molar-refractivity contribution is -0.245. The molecule has 2 N–H and O–H groups in total. The van der Waals surface area contributed by atoms with Crippen molar-refractivity contribution in [1.82, 2.24) is 15.5 Å². The summed E-state index contributed by atoms with van der Waals surface area (Å²) >= 11 is 20.2. The monoisotopic (exact) mass is 663 g/mol. The van der Waals surface area contributed by atoms with Gasteiger partial charge in [-0.3, -0.25) is 4.79 Å². The van der Waals surface area contributed by atoms with E-state index in [0.717, 1.165) is 48.5 Å². The summed E-state index contributed by atoms with van der Waals surface area (Å²) in [4.78, 5) is 11.9. The fourth-order valence-electron chi connectivity index (χ4n) is 4.50. The molecule has 2 heterocycles. The third-order valence-corrected chi connectivity index (χ3v) is 9.29. The lowest BCUT2D eigenvalue weighted by Crippen LogP contribution is -2.33. The molecular weight excluding hydrogens is 637 g/mol. The Bertz CT molecular complexity index is 1500. The normalized spacial score (nSPS) is 19.0. The Morgan fingerprint density at radius 3 is 2.40 bits per heavy atom. The highest BCUT2D eigenvalue weighted by Gasteiger charge is 2.33. The standard InChI is InChI=1S/C30H28Cl3N3O4S2/c1-18-35-36-29(42-18)41-17-25-14-26(22-7-5-19(16-37)6-8-22)40-27(39-25)23-11-9-21(10-12-23)24-4-2-3-20(13-24)15-34-28(38)30(31,32)33/h2-13,25-27,37H,14-17H2,1H3,(H,34,38)/t25-,26+,27+/m0/s1. The summed E-state index contributed by atoms with van der Waals surface area (Å²) in [6.45, 7) is 2.18. The molecule has 0 radical (unpaired) electrons. The molecule has 7 nitrogen and oxygen atoms in total. The van der Waals surface area contributed by atoms with Crippen LogP contribution in [-0.4, -0.2) is 36.9 Å². The summed E-state index contributed by atoms with van der Waals surface area (Å²) in [5.74, 6) is 0.0480. The molecule has 0 unspecified atom stereocenters. The molecule has 3 aromatic carbocycles. The van der Waals surface area contributed by atoms with Crippen molar-refractivity contribution in [3.05, 3.63) is 100 Å². The van der Waals surface area contributed by atoms with Crippen molar-refractivity contribution in [3.8, 4) is 11.1 Å². The van der Waals surface area contributed by atoms with E-state index >= 15 is 0 Å². The summed E-state index contributed by atoms with van der Waals surface area (Å²) in [5.41, 5.74) is 5.66. The molecule has 12 heteroatoms. The maximum absolute atomic E-state index is 11.9. The van der Waals surface area contributed by atoms with Crippen LogP contribution in [-0.2, 0) is 27.4 Å². The maximum Gasteiger partial charge on any atom is 0.272 e. The molecule has 3 atom stereocenters. The minimum absolute atomic E-state index is 0.00305. The van der Waals surface area contributed by atoms with Crippen LogP contribution >= 0.6 is 57.9 Å². The topological polar surface area (TPSA) is 93.6 Å². The SMILES string of the molecule is Cc1nnc(SC[C@@H]2C[C@H](c3ccc(CO)cc3)O[C@H](c3ccc(-c4cccc(CNC(=O)C(Cl)(Cl)Cl)c4)cc3)O2)s1. The minimum Gasteiger partial charge on any atom is -0.392 e. The van der Waals surface area contributed by atoms with Crippen LogP contribution in [0.4, 0.5) is 0 Å². The van der Waals surface area contributed by atoms with Crippen LogP contribution in [0.5, 0.6) is 0 Å². The molecule has 1 aliphatic heterocycles. The number of halogens is 3. The highest BCUT2D eigenvalue weighted by molar-refractivity contribution is 8.01. The minimum atomic E-state index is -2.01. The largest absolute Gasteiger partial charge is 0.392 e. The van der Waals surface area contributed by atoms with Gasteiger partial charge in [0.2, 0.25) is 0 Å². The second-order valence-corrected chi connectivity index (χ2v) is 14.5. The number of nitrogens with one attached hydrogen (secondary N) is 1. The third kappa shape index (κ3) is 8.24. The van der Waals surface area contributed by atoms with Crippen LogP contribution < -0.4 is 5.32 Å². The van der Waals surface area contributed by atoms with Gasteiger partial charge in [-0.15, -0.1) is 10.2 Å². The van der Waals surface area contributed by atoms with Gasteiger partial charge in [0, 0.05) is 24.3 Å². The Hall–Kier alpha value is -2.21. The highest BCUT2D eigenvalue weighted by atomic mass is 35.6. The summed E-state index contributed by atoms with van der Waals surface area (Å²) in [7, 11) is 0. The number of hydrogen-bond donors (Lipinski definition) is 2. The van der Waals surface area contributed by atoms with Crippen molar-refractivity contribution in [2.45, 2.75) is 53.1 Å². The fourth-order valence-corrected chi connectivity index (χ4v) is 6.56. The first-order valence-corrected chi connectivity index (χ1v) is 16.1. The van der Waals surface area contributed by atoms with Crippen LogP contribution in [0.1, 0.15) is 46.1 Å². The number of carbonyl (C=O) groups excluding carboxylic acids is 1. The lowest BCUT2D eigenvalue weighted by Gasteiger charge is -2.36. The number of thioether (sulfide) groups is 1. The van der Waals surface area contributed by atoms with Gasteiger partial charge in [-0.2, -0.15) is 0 Å². The zero-order chi connectivity index (χ0) is 29.7. The Balaban J connectivity index is 1.31. The number of hydrogen-bond acceptors (Lipinski definition) is 8. The molecule has 1 aliphatic rings. The summed E-state index contributed by atoms with van der Waals surface area (Å²) in [6, 6.07) is 23.7. The second-order valence-electron chi connectivity index (χ2n) is 9.75. The van der Waals surface area contributed by atoms with Crippen molar-refractivity contribution >= 4 is 63.8 Å². The predicted molar refractivity (Wildman–Crippen MR) is 168 cm³/mol. The van der Waals surface area contributed by atoms with E-state index in [1.165, 1.54) is 0 Å². The molecule has 1 fully saturated rings. The number of alkyl halides is 3. The summed E-state index contributed by atoms with van der Waals surface area (Å²) in [5, 5.41) is 21.4. The molecular formula is C30H28Cl3N3O4S2. The molecule has 4 aromatic rings. The molecule has 0 aliphatic carbocycles. The Morgan fingerprint density at radius 1 is 1.00 bits per heavy atom. The quantitative estimate of drug-likeness (QED) is 0.143. The Morgan fingerprint density at radius 2 is 1.74 bits per heavy atom. The van der Waals surface area contributed by atoms with Gasteiger partial charge in [0.25, 0.3) is 9.70 Å². The molecule has 1 aromatic heterocycles. The van der Waals surface area contributed by atoms with Gasteiger partial charge < -0.3 is 19.9 Å². The van der Waals surface area contributed by atoms with E-state index in [-0.39, 0.29) is 25.4 Å². The Kier molecular flexibility index (Phi) is 10.4. The van der Waals surface area contributed by atoms with E-state index in [1.807, 2.05) is 79.7 Å². The number of carbonyl (C=O) groups is 1. The van der Waals surface area contributed by atoms with E-state index < -0.39 is 16.0 Å². The number of aromatic nitrogens is 2. The summed E-state index contributed by atoms with van der Waals surface area (Å²) in [6.07, 6.45) is -0.0998. The van der Waals surface area contributed by atoms with Crippen molar-refractivity contribution in [1.29, 1.82) is 0 Å². The number of nitrogens with zero attached hydrogens (tertiary/aromatic N) is 2. The average Bonchev–Trinajstić information content (AvgIpc) is 3.43. The van der Waals surface area contributed by atoms with Crippen molar-refractivity contribution in [3.63, 3.8) is 0 Å². The summed E-state index contributed by atoms with van der Waals surface area (Å²) < 4.78 is 11.8. The van der Waals surface area contributed by atoms with Crippen molar-refractivity contribution in [2.75, 3.05) is 5.75 Å². The van der Waals surface area contributed by atoms with Crippen LogP contribution in [0.25, 0.3) is 11.1 Å². The Labute approximate surface area is 267 Å². The van der Waals surface area contributed by atoms with Gasteiger partial charge in [0.15, 0.2) is 10.6 Å². The molecule has 0 spiro atoms. The number of aliphatic hydroxyl groups excluding tert-OH is 1. The van der Waals surface area contributed by atoms with Gasteiger partial charge >= 0.3 is 0 Å². The number of benzene rings is 3. The van der Waals surface area contributed by atoms with E-state index in [4.69, 9.17) is 44.3 Å². The van der Waals surface area contributed by atoms with Crippen LogP contribution in [0.2, 0.25) is 0 Å². The molecule has 0 saturated carbocycles. The van der Waals surface area contributed by atoms with Crippen molar-refractivity contribution < 1.29 is 19.4 Å². The van der Waals surface area contributed by atoms with Gasteiger partial charge in [0.05, 0.1) is 18.8 Å². The third-order valence-electron chi connectivity index (χ3n) is 6.67. The molecule has 0 bridgehead atoms. The number of rotatable bonds is 9. The molecule has 220 valence electrons. The fraction of sp³-hybridized carbons (Fsp3) is 0.300. The first kappa shape index (κ1) is 31.2. The van der Waals surface area contributed by atoms with Gasteiger partial charge in [0.1, 0.15) is 5.01 Å². The van der Waals surface area contributed by atoms with E-state index in [9.17, 15) is 9.90 Å². The molecule has 5 rings (SSSR count). The zero-order valence-electron chi connectivity index (χ0n) is 22.5. The van der Waals surface area contributed by atoms with Crippen molar-refractivity contribution in [2.24, 2.45) is 0 Å². The first-order valence-electron chi connectivity index (χ1n) is 13.2. The number of aliphatic hydroxyl groups is 1. The van der Waals surface area contributed by atoms with Gasteiger partial charge in [-0.05, 0) is 40.8 Å². The van der Waals surface area contributed by atoms with Gasteiger partial charge in [-0.25, -0.2) is 0 Å². The number of ether oxygens (including phenoxy) is 2. The molecule has 42 heavy (non-hydrogen) atoms. The number of amides is 1. The highest BCUT2D eigenvalue weighted by Crippen LogP contribution is 2.40. The zero-order valence-corrected chi connectivity index (χ0v) is 26.4. The van der Waals surface area contributed by atoms with Crippen LogP contribution in [0, 0.1) is 6.92 Å². The molecule has 1 saturated heterocycles. The predicted octanol–water partition coefficient (Wildman–Crippen LogP) is 7.33. The van der Waals surface area contributed by atoms with E-state index in [0.29, 0.717) is 6.42 Å². The van der Waals surface area contributed by atoms with Gasteiger partial charge in [-0.1, -0.05) is 125 Å².